The molecule has 1 heterocycles. The van der Waals surface area contributed by atoms with Crippen LogP contribution in [0.1, 0.15) is 17.1 Å². The molecule has 4 heteroatoms. The lowest BCUT2D eigenvalue weighted by Gasteiger charge is -2.08. The van der Waals surface area contributed by atoms with Crippen molar-refractivity contribution < 1.29 is 4.42 Å². The van der Waals surface area contributed by atoms with Crippen molar-refractivity contribution in [2.45, 2.75) is 19.2 Å². The van der Waals surface area contributed by atoms with Crippen LogP contribution in [0.3, 0.4) is 0 Å². The lowest BCUT2D eigenvalue weighted by molar-refractivity contribution is 0.487. The van der Waals surface area contributed by atoms with Crippen molar-refractivity contribution in [3.05, 3.63) is 51.0 Å². The van der Waals surface area contributed by atoms with E-state index < -0.39 is 0 Å². The first kappa shape index (κ1) is 13.8. The van der Waals surface area contributed by atoms with Crippen molar-refractivity contribution in [1.29, 1.82) is 0 Å². The molecule has 0 unspecified atom stereocenters. The third-order valence-corrected chi connectivity index (χ3v) is 3.90. The number of rotatable bonds is 5. The highest BCUT2D eigenvalue weighted by Gasteiger charge is 2.03. The number of hydrogen-bond donors (Lipinski definition) is 1. The maximum atomic E-state index is 5.73. The molecule has 1 N–H and O–H groups in total. The van der Waals surface area contributed by atoms with Gasteiger partial charge < -0.3 is 9.73 Å². The minimum absolute atomic E-state index is 0.731. The topological polar surface area (TPSA) is 25.2 Å². The van der Waals surface area contributed by atoms with Crippen LogP contribution in [-0.4, -0.2) is 6.26 Å². The van der Waals surface area contributed by atoms with Gasteiger partial charge in [0.25, 0.3) is 0 Å². The Hall–Kier alpha value is -0.620. The van der Waals surface area contributed by atoms with Gasteiger partial charge >= 0.3 is 0 Å². The highest BCUT2D eigenvalue weighted by Crippen LogP contribution is 2.20. The molecule has 1 aromatic heterocycles. The fourth-order valence-electron chi connectivity index (χ4n) is 1.70. The van der Waals surface area contributed by atoms with Crippen molar-refractivity contribution in [3.63, 3.8) is 0 Å². The van der Waals surface area contributed by atoms with Crippen LogP contribution in [0.4, 0.5) is 5.69 Å². The zero-order chi connectivity index (χ0) is 13.0. The summed E-state index contributed by atoms with van der Waals surface area (Å²) in [6, 6.07) is 10.5. The fourth-order valence-corrected chi connectivity index (χ4v) is 2.64. The Morgan fingerprint density at radius 2 is 2.00 bits per heavy atom. The second kappa shape index (κ2) is 6.52. The lowest BCUT2D eigenvalue weighted by atomic mass is 10.2. The lowest BCUT2D eigenvalue weighted by Crippen LogP contribution is -2.00. The third kappa shape index (κ3) is 3.68. The number of furan rings is 1. The number of benzene rings is 1. The van der Waals surface area contributed by atoms with Gasteiger partial charge in [0.1, 0.15) is 11.5 Å². The van der Waals surface area contributed by atoms with E-state index in [0.717, 1.165) is 23.8 Å². The van der Waals surface area contributed by atoms with E-state index in [1.165, 1.54) is 14.8 Å². The largest absolute Gasteiger partial charge is 0.463 e. The van der Waals surface area contributed by atoms with Crippen LogP contribution >= 0.6 is 34.4 Å². The van der Waals surface area contributed by atoms with Crippen LogP contribution in [0.15, 0.2) is 34.7 Å². The van der Waals surface area contributed by atoms with Gasteiger partial charge in [-0.2, -0.15) is 11.8 Å². The molecule has 0 aliphatic rings. The average Bonchev–Trinajstić information content (AvgIpc) is 2.79. The molecule has 0 fully saturated rings. The molecule has 0 aliphatic carbocycles. The Morgan fingerprint density at radius 3 is 2.78 bits per heavy atom. The molecule has 2 nitrogen and oxygen atoms in total. The third-order valence-electron chi connectivity index (χ3n) is 2.66. The standard InChI is InChI=1S/C14H16INOS/c1-10-3-4-11(15)7-14(10)16-8-12-5-6-13(17-12)9-18-2/h3-7,16H,8-9H2,1-2H3. The summed E-state index contributed by atoms with van der Waals surface area (Å²) in [5.41, 5.74) is 2.43. The highest BCUT2D eigenvalue weighted by molar-refractivity contribution is 14.1. The maximum Gasteiger partial charge on any atom is 0.123 e. The van der Waals surface area contributed by atoms with Crippen molar-refractivity contribution in [3.8, 4) is 0 Å². The molecule has 1 aromatic carbocycles. The Labute approximate surface area is 126 Å². The van der Waals surface area contributed by atoms with Crippen molar-refractivity contribution >= 4 is 40.0 Å². The second-order valence-electron chi connectivity index (χ2n) is 4.11. The van der Waals surface area contributed by atoms with Gasteiger partial charge in [-0.15, -0.1) is 0 Å². The summed E-state index contributed by atoms with van der Waals surface area (Å²) in [5.74, 6) is 2.96. The predicted octanol–water partition coefficient (Wildman–Crippen LogP) is 4.67. The number of anilines is 1. The Kier molecular flexibility index (Phi) is 5.00. The van der Waals surface area contributed by atoms with E-state index in [1.54, 1.807) is 11.8 Å². The van der Waals surface area contributed by atoms with Gasteiger partial charge in [0.05, 0.1) is 12.3 Å². The summed E-state index contributed by atoms with van der Waals surface area (Å²) in [7, 11) is 0. The molecule has 0 aliphatic heterocycles. The number of nitrogens with one attached hydrogen (secondary N) is 1. The van der Waals surface area contributed by atoms with E-state index in [4.69, 9.17) is 4.42 Å². The van der Waals surface area contributed by atoms with Crippen LogP contribution in [0.5, 0.6) is 0 Å². The van der Waals surface area contributed by atoms with E-state index >= 15 is 0 Å². The molecule has 0 atom stereocenters. The molecule has 0 amide bonds. The first-order valence-corrected chi connectivity index (χ1v) is 8.23. The monoisotopic (exact) mass is 373 g/mol. The first-order valence-electron chi connectivity index (χ1n) is 5.75. The number of aryl methyl sites for hydroxylation is 1. The number of hydrogen-bond acceptors (Lipinski definition) is 3. The second-order valence-corrected chi connectivity index (χ2v) is 6.23. The van der Waals surface area contributed by atoms with E-state index in [-0.39, 0.29) is 0 Å². The maximum absolute atomic E-state index is 5.73. The van der Waals surface area contributed by atoms with Crippen LogP contribution < -0.4 is 5.32 Å². The summed E-state index contributed by atoms with van der Waals surface area (Å²) in [6.07, 6.45) is 2.08. The normalized spacial score (nSPS) is 10.6. The van der Waals surface area contributed by atoms with Gasteiger partial charge in [-0.3, -0.25) is 0 Å². The summed E-state index contributed by atoms with van der Waals surface area (Å²) >= 11 is 4.10. The molecule has 2 aromatic rings. The van der Waals surface area contributed by atoms with Crippen molar-refractivity contribution in [1.82, 2.24) is 0 Å². The Morgan fingerprint density at radius 1 is 1.22 bits per heavy atom. The van der Waals surface area contributed by atoms with Crippen LogP contribution in [-0.2, 0) is 12.3 Å². The zero-order valence-corrected chi connectivity index (χ0v) is 13.5. The molecule has 2 rings (SSSR count). The molecule has 0 saturated heterocycles. The molecule has 96 valence electrons. The molecule has 0 spiro atoms. The van der Waals surface area contributed by atoms with Gasteiger partial charge in [-0.05, 0) is 65.6 Å². The van der Waals surface area contributed by atoms with Crippen molar-refractivity contribution in [2.75, 3.05) is 11.6 Å². The molecule has 18 heavy (non-hydrogen) atoms. The average molecular weight is 373 g/mol. The van der Waals surface area contributed by atoms with Gasteiger partial charge in [-0.1, -0.05) is 6.07 Å². The first-order chi connectivity index (χ1) is 8.69. The quantitative estimate of drug-likeness (QED) is 0.772. The fraction of sp³-hybridized carbons (Fsp3) is 0.286. The summed E-state index contributed by atoms with van der Waals surface area (Å²) in [6.45, 7) is 2.84. The minimum Gasteiger partial charge on any atom is -0.463 e. The molecular formula is C14H16INOS. The van der Waals surface area contributed by atoms with Crippen LogP contribution in [0, 0.1) is 10.5 Å². The van der Waals surface area contributed by atoms with Crippen LogP contribution in [0.25, 0.3) is 0 Å². The summed E-state index contributed by atoms with van der Waals surface area (Å²) in [5, 5.41) is 3.42. The van der Waals surface area contributed by atoms with E-state index in [0.29, 0.717) is 0 Å². The van der Waals surface area contributed by atoms with Crippen LogP contribution in [0.2, 0.25) is 0 Å². The predicted molar refractivity (Wildman–Crippen MR) is 87.1 cm³/mol. The number of thioether (sulfide) groups is 1. The molecule has 0 bridgehead atoms. The molecule has 0 radical (unpaired) electrons. The zero-order valence-electron chi connectivity index (χ0n) is 10.5. The van der Waals surface area contributed by atoms with Gasteiger partial charge in [0.2, 0.25) is 0 Å². The van der Waals surface area contributed by atoms with E-state index in [2.05, 4.69) is 65.4 Å². The highest BCUT2D eigenvalue weighted by atomic mass is 127. The SMILES string of the molecule is CSCc1ccc(CNc2cc(I)ccc2C)o1. The molecule has 0 saturated carbocycles. The van der Waals surface area contributed by atoms with E-state index in [1.807, 2.05) is 6.07 Å². The van der Waals surface area contributed by atoms with Gasteiger partial charge in [-0.25, -0.2) is 0 Å². The summed E-state index contributed by atoms with van der Waals surface area (Å²) in [4.78, 5) is 0. The molecular weight excluding hydrogens is 357 g/mol. The minimum atomic E-state index is 0.731. The smallest absolute Gasteiger partial charge is 0.123 e. The Bertz CT molecular complexity index is 524. The van der Waals surface area contributed by atoms with Crippen molar-refractivity contribution in [2.24, 2.45) is 0 Å². The van der Waals surface area contributed by atoms with Gasteiger partial charge in [0.15, 0.2) is 0 Å². The van der Waals surface area contributed by atoms with Gasteiger partial charge in [0, 0.05) is 9.26 Å². The summed E-state index contributed by atoms with van der Waals surface area (Å²) < 4.78 is 6.97. The Balaban J connectivity index is 1.99. The number of halogens is 1. The van der Waals surface area contributed by atoms with E-state index in [9.17, 15) is 0 Å².